The van der Waals surface area contributed by atoms with Crippen LogP contribution in [0.2, 0.25) is 5.02 Å². The van der Waals surface area contributed by atoms with Crippen LogP contribution in [0.1, 0.15) is 5.56 Å². The smallest absolute Gasteiger partial charge is 0.0753 e. The molecular weight excluding hydrogens is 234 g/mol. The lowest BCUT2D eigenvalue weighted by Gasteiger charge is -2.06. The molecule has 0 spiro atoms. The summed E-state index contributed by atoms with van der Waals surface area (Å²) in [5.41, 5.74) is 2.06. The van der Waals surface area contributed by atoms with Gasteiger partial charge in [0.2, 0.25) is 0 Å². The van der Waals surface area contributed by atoms with Crippen LogP contribution in [0.3, 0.4) is 0 Å². The largest absolute Gasteiger partial charge is 0.268 e. The molecular formula is C13H10ClN3. The lowest BCUT2D eigenvalue weighted by atomic mass is 10.1. The van der Waals surface area contributed by atoms with Crippen LogP contribution < -0.4 is 0 Å². The summed E-state index contributed by atoms with van der Waals surface area (Å²) in [6.07, 6.45) is 5.48. The normalized spacial score (nSPS) is 10.9. The number of fused-ring (bicyclic) bond motifs is 1. The molecule has 0 saturated carbocycles. The van der Waals surface area contributed by atoms with Crippen molar-refractivity contribution >= 4 is 22.5 Å². The van der Waals surface area contributed by atoms with Gasteiger partial charge in [-0.05, 0) is 24.3 Å². The van der Waals surface area contributed by atoms with Crippen molar-refractivity contribution in [3.05, 3.63) is 59.5 Å². The van der Waals surface area contributed by atoms with E-state index in [-0.39, 0.29) is 0 Å². The third-order valence-corrected chi connectivity index (χ3v) is 2.86. The Hall–Kier alpha value is -1.87. The molecule has 0 aliphatic carbocycles. The van der Waals surface area contributed by atoms with Crippen LogP contribution >= 0.6 is 11.6 Å². The Morgan fingerprint density at radius 3 is 2.94 bits per heavy atom. The molecule has 0 unspecified atom stereocenters. The van der Waals surface area contributed by atoms with Crippen molar-refractivity contribution in [1.29, 1.82) is 0 Å². The molecule has 0 radical (unpaired) electrons. The highest BCUT2D eigenvalue weighted by molar-refractivity contribution is 6.31. The molecule has 1 aromatic carbocycles. The first-order valence-electron chi connectivity index (χ1n) is 5.33. The second kappa shape index (κ2) is 4.18. The van der Waals surface area contributed by atoms with E-state index in [0.29, 0.717) is 6.54 Å². The summed E-state index contributed by atoms with van der Waals surface area (Å²) < 4.78 is 1.86. The minimum atomic E-state index is 0.682. The molecule has 0 atom stereocenters. The van der Waals surface area contributed by atoms with E-state index < -0.39 is 0 Å². The fourth-order valence-corrected chi connectivity index (χ4v) is 2.17. The van der Waals surface area contributed by atoms with Gasteiger partial charge in [0.15, 0.2) is 0 Å². The van der Waals surface area contributed by atoms with Gasteiger partial charge in [-0.2, -0.15) is 5.10 Å². The molecule has 84 valence electrons. The molecule has 4 heteroatoms. The summed E-state index contributed by atoms with van der Waals surface area (Å²) in [7, 11) is 0. The van der Waals surface area contributed by atoms with Gasteiger partial charge in [0.05, 0.1) is 12.1 Å². The second-order valence-corrected chi connectivity index (χ2v) is 4.28. The summed E-state index contributed by atoms with van der Waals surface area (Å²) in [5.74, 6) is 0. The van der Waals surface area contributed by atoms with Crippen LogP contribution in [-0.4, -0.2) is 14.8 Å². The monoisotopic (exact) mass is 243 g/mol. The first kappa shape index (κ1) is 10.3. The third kappa shape index (κ3) is 2.01. The molecule has 3 aromatic rings. The van der Waals surface area contributed by atoms with Gasteiger partial charge in [-0.25, -0.2) is 0 Å². The van der Waals surface area contributed by atoms with Crippen molar-refractivity contribution < 1.29 is 0 Å². The van der Waals surface area contributed by atoms with Gasteiger partial charge in [0.25, 0.3) is 0 Å². The molecule has 3 rings (SSSR count). The van der Waals surface area contributed by atoms with Crippen molar-refractivity contribution in [2.45, 2.75) is 6.54 Å². The molecule has 0 fully saturated rings. The number of nitrogens with zero attached hydrogens (tertiary/aromatic N) is 3. The number of hydrogen-bond acceptors (Lipinski definition) is 2. The van der Waals surface area contributed by atoms with Gasteiger partial charge < -0.3 is 0 Å². The summed E-state index contributed by atoms with van der Waals surface area (Å²) in [5, 5.41) is 5.98. The van der Waals surface area contributed by atoms with Crippen molar-refractivity contribution in [2.75, 3.05) is 0 Å². The highest BCUT2D eigenvalue weighted by atomic mass is 35.5. The van der Waals surface area contributed by atoms with Gasteiger partial charge >= 0.3 is 0 Å². The Morgan fingerprint density at radius 2 is 2.12 bits per heavy atom. The zero-order chi connectivity index (χ0) is 11.7. The van der Waals surface area contributed by atoms with Crippen LogP contribution in [0.4, 0.5) is 0 Å². The zero-order valence-corrected chi connectivity index (χ0v) is 9.80. The van der Waals surface area contributed by atoms with Gasteiger partial charge in [-0.1, -0.05) is 17.7 Å². The summed E-state index contributed by atoms with van der Waals surface area (Å²) >= 11 is 6.11. The first-order chi connectivity index (χ1) is 8.33. The van der Waals surface area contributed by atoms with E-state index >= 15 is 0 Å². The van der Waals surface area contributed by atoms with E-state index in [1.165, 1.54) is 0 Å². The van der Waals surface area contributed by atoms with E-state index in [4.69, 9.17) is 11.6 Å². The van der Waals surface area contributed by atoms with Crippen molar-refractivity contribution in [3.63, 3.8) is 0 Å². The lowest BCUT2D eigenvalue weighted by Crippen LogP contribution is -2.01. The standard InChI is InChI=1S/C13H10ClN3/c14-12-7-10-3-1-4-15-13(10)11(8-12)9-17-6-2-5-16-17/h1-8H,9H2. The van der Waals surface area contributed by atoms with E-state index in [9.17, 15) is 0 Å². The van der Waals surface area contributed by atoms with E-state index in [0.717, 1.165) is 21.5 Å². The van der Waals surface area contributed by atoms with Crippen LogP contribution in [0.25, 0.3) is 10.9 Å². The quantitative estimate of drug-likeness (QED) is 0.692. The van der Waals surface area contributed by atoms with E-state index in [2.05, 4.69) is 10.1 Å². The Morgan fingerprint density at radius 1 is 1.18 bits per heavy atom. The Balaban J connectivity index is 2.14. The highest BCUT2D eigenvalue weighted by Crippen LogP contribution is 2.22. The van der Waals surface area contributed by atoms with Crippen molar-refractivity contribution in [2.24, 2.45) is 0 Å². The van der Waals surface area contributed by atoms with Gasteiger partial charge in [-0.3, -0.25) is 9.67 Å². The average molecular weight is 244 g/mol. The molecule has 0 bridgehead atoms. The maximum atomic E-state index is 6.11. The molecule has 0 saturated heterocycles. The lowest BCUT2D eigenvalue weighted by molar-refractivity contribution is 0.689. The maximum Gasteiger partial charge on any atom is 0.0753 e. The Kier molecular flexibility index (Phi) is 2.53. The molecule has 2 aromatic heterocycles. The number of pyridine rings is 1. The highest BCUT2D eigenvalue weighted by Gasteiger charge is 2.05. The summed E-state index contributed by atoms with van der Waals surface area (Å²) in [6, 6.07) is 9.70. The average Bonchev–Trinajstić information content (AvgIpc) is 2.81. The molecule has 0 N–H and O–H groups in total. The number of hydrogen-bond donors (Lipinski definition) is 0. The predicted molar refractivity (Wildman–Crippen MR) is 68.1 cm³/mol. The molecule has 0 aliphatic heterocycles. The molecule has 0 aliphatic rings. The Bertz CT molecular complexity index is 647. The van der Waals surface area contributed by atoms with Gasteiger partial charge in [0, 0.05) is 34.6 Å². The van der Waals surface area contributed by atoms with Crippen molar-refractivity contribution in [3.8, 4) is 0 Å². The van der Waals surface area contributed by atoms with Crippen LogP contribution in [0.15, 0.2) is 48.9 Å². The molecule has 17 heavy (non-hydrogen) atoms. The zero-order valence-electron chi connectivity index (χ0n) is 9.05. The minimum absolute atomic E-state index is 0.682. The fourth-order valence-electron chi connectivity index (χ4n) is 1.92. The Labute approximate surface area is 104 Å². The first-order valence-corrected chi connectivity index (χ1v) is 5.71. The predicted octanol–water partition coefficient (Wildman–Crippen LogP) is 3.13. The topological polar surface area (TPSA) is 30.7 Å². The third-order valence-electron chi connectivity index (χ3n) is 2.64. The van der Waals surface area contributed by atoms with Crippen molar-refractivity contribution in [1.82, 2.24) is 14.8 Å². The summed E-state index contributed by atoms with van der Waals surface area (Å²) in [6.45, 7) is 0.682. The van der Waals surface area contributed by atoms with E-state index in [1.807, 2.05) is 41.2 Å². The van der Waals surface area contributed by atoms with E-state index in [1.54, 1.807) is 12.4 Å². The fraction of sp³-hybridized carbons (Fsp3) is 0.0769. The maximum absolute atomic E-state index is 6.11. The molecule has 2 heterocycles. The van der Waals surface area contributed by atoms with Crippen LogP contribution in [-0.2, 0) is 6.54 Å². The van der Waals surface area contributed by atoms with Crippen LogP contribution in [0.5, 0.6) is 0 Å². The molecule has 3 nitrogen and oxygen atoms in total. The SMILES string of the molecule is Clc1cc(Cn2cccn2)c2ncccc2c1. The number of halogens is 1. The number of aromatic nitrogens is 3. The van der Waals surface area contributed by atoms with Crippen LogP contribution in [0, 0.1) is 0 Å². The number of benzene rings is 1. The van der Waals surface area contributed by atoms with Gasteiger partial charge in [0.1, 0.15) is 0 Å². The molecule has 0 amide bonds. The second-order valence-electron chi connectivity index (χ2n) is 3.84. The van der Waals surface area contributed by atoms with Gasteiger partial charge in [-0.15, -0.1) is 0 Å². The summed E-state index contributed by atoms with van der Waals surface area (Å²) in [4.78, 5) is 4.40. The minimum Gasteiger partial charge on any atom is -0.268 e. The number of rotatable bonds is 2.